The standard InChI is InChI=1S/C22H25N5O2S/c1-4-27-19(13-23-21(29)17-7-5-6-16(3)12-17)25-26-22(27)30-14-20(28)24-18-10-8-15(2)9-11-18/h5-12H,4,13-14H2,1-3H3,(H,23,29)(H,24,28). The molecule has 7 nitrogen and oxygen atoms in total. The summed E-state index contributed by atoms with van der Waals surface area (Å²) in [6, 6.07) is 15.1. The van der Waals surface area contributed by atoms with Gasteiger partial charge in [0.2, 0.25) is 5.91 Å². The highest BCUT2D eigenvalue weighted by Gasteiger charge is 2.14. The Bertz CT molecular complexity index is 1030. The lowest BCUT2D eigenvalue weighted by molar-refractivity contribution is -0.113. The highest BCUT2D eigenvalue weighted by molar-refractivity contribution is 7.99. The Morgan fingerprint density at radius 1 is 1.03 bits per heavy atom. The molecule has 156 valence electrons. The van der Waals surface area contributed by atoms with Gasteiger partial charge in [0, 0.05) is 17.8 Å². The minimum Gasteiger partial charge on any atom is -0.345 e. The first-order valence-corrected chi connectivity index (χ1v) is 10.7. The van der Waals surface area contributed by atoms with Crippen LogP contribution in [0.25, 0.3) is 0 Å². The number of aromatic nitrogens is 3. The quantitative estimate of drug-likeness (QED) is 0.541. The van der Waals surface area contributed by atoms with Crippen molar-refractivity contribution in [2.45, 2.75) is 39.0 Å². The highest BCUT2D eigenvalue weighted by atomic mass is 32.2. The van der Waals surface area contributed by atoms with Crippen LogP contribution in [0.5, 0.6) is 0 Å². The number of carbonyl (C=O) groups excluding carboxylic acids is 2. The molecule has 1 aromatic heterocycles. The second-order valence-electron chi connectivity index (χ2n) is 6.90. The number of rotatable bonds is 8. The van der Waals surface area contributed by atoms with Gasteiger partial charge >= 0.3 is 0 Å². The zero-order valence-corrected chi connectivity index (χ0v) is 18.1. The third kappa shape index (κ3) is 5.70. The molecule has 0 fully saturated rings. The van der Waals surface area contributed by atoms with Crippen molar-refractivity contribution < 1.29 is 9.59 Å². The van der Waals surface area contributed by atoms with Crippen molar-refractivity contribution in [3.63, 3.8) is 0 Å². The Balaban J connectivity index is 1.56. The van der Waals surface area contributed by atoms with Crippen molar-refractivity contribution in [1.29, 1.82) is 0 Å². The number of amides is 2. The molecule has 2 aromatic carbocycles. The smallest absolute Gasteiger partial charge is 0.251 e. The van der Waals surface area contributed by atoms with Crippen LogP contribution in [0.2, 0.25) is 0 Å². The van der Waals surface area contributed by atoms with Crippen LogP contribution in [0.15, 0.2) is 53.7 Å². The third-order valence-corrected chi connectivity index (χ3v) is 5.43. The summed E-state index contributed by atoms with van der Waals surface area (Å²) >= 11 is 1.32. The number of anilines is 1. The molecular weight excluding hydrogens is 398 g/mol. The molecule has 0 saturated heterocycles. The summed E-state index contributed by atoms with van der Waals surface area (Å²) < 4.78 is 1.90. The Morgan fingerprint density at radius 3 is 2.50 bits per heavy atom. The summed E-state index contributed by atoms with van der Waals surface area (Å²) in [5, 5.41) is 14.8. The maximum Gasteiger partial charge on any atom is 0.251 e. The molecule has 8 heteroatoms. The number of nitrogens with zero attached hydrogens (tertiary/aromatic N) is 3. The van der Waals surface area contributed by atoms with Crippen molar-refractivity contribution in [2.24, 2.45) is 0 Å². The van der Waals surface area contributed by atoms with Crippen molar-refractivity contribution in [3.8, 4) is 0 Å². The van der Waals surface area contributed by atoms with Crippen LogP contribution >= 0.6 is 11.8 Å². The van der Waals surface area contributed by atoms with E-state index in [1.165, 1.54) is 11.8 Å². The van der Waals surface area contributed by atoms with E-state index in [2.05, 4.69) is 20.8 Å². The van der Waals surface area contributed by atoms with Crippen molar-refractivity contribution in [2.75, 3.05) is 11.1 Å². The van der Waals surface area contributed by atoms with Gasteiger partial charge in [-0.15, -0.1) is 10.2 Å². The second-order valence-corrected chi connectivity index (χ2v) is 7.84. The summed E-state index contributed by atoms with van der Waals surface area (Å²) in [4.78, 5) is 24.6. The van der Waals surface area contributed by atoms with E-state index in [0.717, 1.165) is 16.8 Å². The molecule has 2 amide bonds. The van der Waals surface area contributed by atoms with Gasteiger partial charge in [0.25, 0.3) is 5.91 Å². The number of benzene rings is 2. The first-order valence-electron chi connectivity index (χ1n) is 9.72. The third-order valence-electron chi connectivity index (χ3n) is 4.46. The van der Waals surface area contributed by atoms with E-state index in [1.54, 1.807) is 6.07 Å². The Hall–Kier alpha value is -3.13. The van der Waals surface area contributed by atoms with E-state index in [9.17, 15) is 9.59 Å². The number of thioether (sulfide) groups is 1. The largest absolute Gasteiger partial charge is 0.345 e. The maximum absolute atomic E-state index is 12.4. The number of hydrogen-bond donors (Lipinski definition) is 2. The molecule has 0 aliphatic carbocycles. The van der Waals surface area contributed by atoms with Crippen molar-refractivity contribution in [3.05, 3.63) is 71.0 Å². The van der Waals surface area contributed by atoms with Gasteiger partial charge in [0.15, 0.2) is 11.0 Å². The fraction of sp³-hybridized carbons (Fsp3) is 0.273. The normalized spacial score (nSPS) is 10.6. The van der Waals surface area contributed by atoms with Crippen molar-refractivity contribution >= 4 is 29.3 Å². The Labute approximate surface area is 180 Å². The molecule has 3 aromatic rings. The second kappa shape index (κ2) is 10.1. The van der Waals surface area contributed by atoms with Crippen LogP contribution in [-0.4, -0.2) is 32.3 Å². The van der Waals surface area contributed by atoms with Gasteiger partial charge in [-0.2, -0.15) is 0 Å². The van der Waals surface area contributed by atoms with Gasteiger partial charge < -0.3 is 15.2 Å². The number of aryl methyl sites for hydroxylation is 2. The molecule has 0 spiro atoms. The summed E-state index contributed by atoms with van der Waals surface area (Å²) in [5.74, 6) is 0.613. The molecule has 0 aliphatic heterocycles. The Morgan fingerprint density at radius 2 is 1.80 bits per heavy atom. The maximum atomic E-state index is 12.4. The fourth-order valence-corrected chi connectivity index (χ4v) is 3.71. The minimum absolute atomic E-state index is 0.108. The predicted octanol–water partition coefficient (Wildman–Crippen LogP) is 3.58. The van der Waals surface area contributed by atoms with Gasteiger partial charge in [-0.1, -0.05) is 47.2 Å². The van der Waals surface area contributed by atoms with E-state index >= 15 is 0 Å². The van der Waals surface area contributed by atoms with Crippen LogP contribution in [-0.2, 0) is 17.9 Å². The van der Waals surface area contributed by atoms with E-state index in [1.807, 2.05) is 67.8 Å². The molecule has 3 rings (SSSR count). The molecule has 30 heavy (non-hydrogen) atoms. The predicted molar refractivity (Wildman–Crippen MR) is 119 cm³/mol. The average Bonchev–Trinajstić information content (AvgIpc) is 3.14. The first kappa shape index (κ1) is 21.6. The van der Waals surface area contributed by atoms with E-state index in [4.69, 9.17) is 0 Å². The van der Waals surface area contributed by atoms with Gasteiger partial charge in [-0.25, -0.2) is 0 Å². The molecule has 0 saturated carbocycles. The highest BCUT2D eigenvalue weighted by Crippen LogP contribution is 2.18. The van der Waals surface area contributed by atoms with Crippen LogP contribution < -0.4 is 10.6 Å². The topological polar surface area (TPSA) is 88.9 Å². The number of carbonyl (C=O) groups is 2. The molecular formula is C22H25N5O2S. The average molecular weight is 424 g/mol. The zero-order valence-electron chi connectivity index (χ0n) is 17.3. The minimum atomic E-state index is -0.156. The van der Waals surface area contributed by atoms with Gasteiger partial charge in [-0.05, 0) is 45.0 Å². The summed E-state index contributed by atoms with van der Waals surface area (Å²) in [6.45, 7) is 6.84. The van der Waals surface area contributed by atoms with Crippen LogP contribution in [0.3, 0.4) is 0 Å². The molecule has 0 atom stereocenters. The molecule has 1 heterocycles. The number of hydrogen-bond acceptors (Lipinski definition) is 5. The number of nitrogens with one attached hydrogen (secondary N) is 2. The summed E-state index contributed by atoms with van der Waals surface area (Å²) in [6.07, 6.45) is 0. The molecule has 0 radical (unpaired) electrons. The summed E-state index contributed by atoms with van der Waals surface area (Å²) in [7, 11) is 0. The van der Waals surface area contributed by atoms with Crippen molar-refractivity contribution in [1.82, 2.24) is 20.1 Å². The lowest BCUT2D eigenvalue weighted by atomic mass is 10.1. The van der Waals surface area contributed by atoms with Crippen LogP contribution in [0.4, 0.5) is 5.69 Å². The molecule has 2 N–H and O–H groups in total. The lowest BCUT2D eigenvalue weighted by Crippen LogP contribution is -2.25. The van der Waals surface area contributed by atoms with E-state index in [-0.39, 0.29) is 24.1 Å². The monoisotopic (exact) mass is 423 g/mol. The zero-order chi connectivity index (χ0) is 21.5. The Kier molecular flexibility index (Phi) is 7.24. The molecule has 0 bridgehead atoms. The van der Waals surface area contributed by atoms with Crippen LogP contribution in [0, 0.1) is 13.8 Å². The van der Waals surface area contributed by atoms with E-state index in [0.29, 0.717) is 23.1 Å². The fourth-order valence-electron chi connectivity index (χ4n) is 2.89. The van der Waals surface area contributed by atoms with Gasteiger partial charge in [0.05, 0.1) is 12.3 Å². The lowest BCUT2D eigenvalue weighted by Gasteiger charge is -2.09. The van der Waals surface area contributed by atoms with Crippen LogP contribution in [0.1, 0.15) is 34.2 Å². The SMILES string of the molecule is CCn1c(CNC(=O)c2cccc(C)c2)nnc1SCC(=O)Nc1ccc(C)cc1. The summed E-state index contributed by atoms with van der Waals surface area (Å²) in [5.41, 5.74) is 3.55. The molecule has 0 aliphatic rings. The molecule has 0 unspecified atom stereocenters. The van der Waals surface area contributed by atoms with Gasteiger partial charge in [0.1, 0.15) is 0 Å². The van der Waals surface area contributed by atoms with Gasteiger partial charge in [-0.3, -0.25) is 9.59 Å². The van der Waals surface area contributed by atoms with E-state index < -0.39 is 0 Å². The first-order chi connectivity index (χ1) is 14.5.